The first kappa shape index (κ1) is 13.1. The molecule has 7 heteroatoms. The van der Waals surface area contributed by atoms with Crippen molar-refractivity contribution in [2.75, 3.05) is 5.73 Å². The number of nitro groups is 1. The van der Waals surface area contributed by atoms with Crippen LogP contribution in [0.2, 0.25) is 5.02 Å². The van der Waals surface area contributed by atoms with Crippen LogP contribution in [0.15, 0.2) is 30.5 Å². The number of aryl methyl sites for hydroxylation is 1. The molecular weight excluding hydrogens is 270 g/mol. The van der Waals surface area contributed by atoms with E-state index in [1.807, 2.05) is 0 Å². The van der Waals surface area contributed by atoms with Crippen molar-refractivity contribution in [1.29, 1.82) is 0 Å². The number of pyridine rings is 1. The molecule has 19 heavy (non-hydrogen) atoms. The average molecular weight is 280 g/mol. The van der Waals surface area contributed by atoms with E-state index in [9.17, 15) is 10.1 Å². The predicted molar refractivity (Wildman–Crippen MR) is 71.6 cm³/mol. The molecule has 1 heterocycles. The van der Waals surface area contributed by atoms with Gasteiger partial charge in [0, 0.05) is 12.3 Å². The Morgan fingerprint density at radius 1 is 1.42 bits per heavy atom. The van der Waals surface area contributed by atoms with E-state index in [2.05, 4.69) is 4.98 Å². The summed E-state index contributed by atoms with van der Waals surface area (Å²) in [5, 5.41) is 10.9. The lowest BCUT2D eigenvalue weighted by molar-refractivity contribution is -0.384. The molecule has 0 aliphatic heterocycles. The summed E-state index contributed by atoms with van der Waals surface area (Å²) in [6, 6.07) is 5.65. The highest BCUT2D eigenvalue weighted by Crippen LogP contribution is 2.34. The van der Waals surface area contributed by atoms with Crippen molar-refractivity contribution in [1.82, 2.24) is 4.98 Å². The second-order valence-electron chi connectivity index (χ2n) is 3.82. The van der Waals surface area contributed by atoms with Crippen LogP contribution < -0.4 is 10.5 Å². The van der Waals surface area contributed by atoms with Gasteiger partial charge in [-0.05, 0) is 24.6 Å². The first-order valence-electron chi connectivity index (χ1n) is 5.32. The van der Waals surface area contributed by atoms with Gasteiger partial charge in [-0.1, -0.05) is 11.6 Å². The molecule has 0 radical (unpaired) electrons. The van der Waals surface area contributed by atoms with Crippen LogP contribution in [-0.2, 0) is 0 Å². The number of rotatable bonds is 3. The van der Waals surface area contributed by atoms with Crippen molar-refractivity contribution in [3.63, 3.8) is 0 Å². The molecule has 1 aromatic carbocycles. The van der Waals surface area contributed by atoms with E-state index in [4.69, 9.17) is 22.1 Å². The van der Waals surface area contributed by atoms with Gasteiger partial charge in [0.2, 0.25) is 5.88 Å². The molecule has 0 fully saturated rings. The van der Waals surface area contributed by atoms with Crippen LogP contribution >= 0.6 is 11.6 Å². The van der Waals surface area contributed by atoms with Gasteiger partial charge in [-0.15, -0.1) is 0 Å². The Morgan fingerprint density at radius 3 is 2.84 bits per heavy atom. The van der Waals surface area contributed by atoms with Crippen LogP contribution in [0, 0.1) is 17.0 Å². The molecule has 0 saturated carbocycles. The Balaban J connectivity index is 2.40. The Hall–Kier alpha value is -2.34. The monoisotopic (exact) mass is 279 g/mol. The van der Waals surface area contributed by atoms with E-state index < -0.39 is 4.92 Å². The lowest BCUT2D eigenvalue weighted by Gasteiger charge is -2.09. The maximum Gasteiger partial charge on any atom is 0.273 e. The maximum atomic E-state index is 10.7. The number of nitrogens with zero attached hydrogens (tertiary/aromatic N) is 2. The minimum absolute atomic E-state index is 0.120. The molecule has 0 aliphatic carbocycles. The number of hydrogen-bond acceptors (Lipinski definition) is 5. The van der Waals surface area contributed by atoms with Crippen molar-refractivity contribution in [3.05, 3.63) is 51.2 Å². The molecule has 0 unspecified atom stereocenters. The quantitative estimate of drug-likeness (QED) is 0.687. The molecule has 0 spiro atoms. The Bertz CT molecular complexity index is 646. The highest BCUT2D eigenvalue weighted by atomic mass is 35.5. The van der Waals surface area contributed by atoms with Gasteiger partial charge >= 0.3 is 0 Å². The number of benzene rings is 1. The molecule has 0 bridgehead atoms. The van der Waals surface area contributed by atoms with Gasteiger partial charge in [0.1, 0.15) is 0 Å². The molecule has 0 atom stereocenters. The number of non-ortho nitro benzene ring substituents is 1. The topological polar surface area (TPSA) is 91.3 Å². The lowest BCUT2D eigenvalue weighted by Crippen LogP contribution is -1.98. The smallest absolute Gasteiger partial charge is 0.273 e. The number of aromatic nitrogens is 1. The highest BCUT2D eigenvalue weighted by molar-refractivity contribution is 6.32. The van der Waals surface area contributed by atoms with Crippen molar-refractivity contribution in [2.24, 2.45) is 0 Å². The minimum Gasteiger partial charge on any atom is -0.435 e. The summed E-state index contributed by atoms with van der Waals surface area (Å²) in [5.41, 5.74) is 6.86. The number of anilines is 1. The fourth-order valence-electron chi connectivity index (χ4n) is 1.41. The van der Waals surface area contributed by atoms with Crippen LogP contribution in [0.4, 0.5) is 11.4 Å². The molecule has 1 aromatic heterocycles. The van der Waals surface area contributed by atoms with E-state index in [0.29, 0.717) is 5.69 Å². The third-order valence-corrected chi connectivity index (χ3v) is 2.82. The van der Waals surface area contributed by atoms with Crippen molar-refractivity contribution in [3.8, 4) is 11.6 Å². The molecule has 2 N–H and O–H groups in total. The fourth-order valence-corrected chi connectivity index (χ4v) is 1.57. The summed E-state index contributed by atoms with van der Waals surface area (Å²) in [5.74, 6) is 0.308. The lowest BCUT2D eigenvalue weighted by atomic mass is 10.2. The van der Waals surface area contributed by atoms with E-state index >= 15 is 0 Å². The molecule has 2 rings (SSSR count). The molecule has 6 nitrogen and oxygen atoms in total. The van der Waals surface area contributed by atoms with Crippen LogP contribution in [0.25, 0.3) is 0 Å². The number of nitrogens with two attached hydrogens (primary N) is 1. The van der Waals surface area contributed by atoms with Crippen molar-refractivity contribution in [2.45, 2.75) is 6.92 Å². The third kappa shape index (κ3) is 2.74. The Morgan fingerprint density at radius 2 is 2.16 bits per heavy atom. The van der Waals surface area contributed by atoms with Crippen LogP contribution in [0.3, 0.4) is 0 Å². The molecule has 0 aliphatic rings. The van der Waals surface area contributed by atoms with Gasteiger partial charge in [0.15, 0.2) is 5.75 Å². The van der Waals surface area contributed by atoms with Crippen molar-refractivity contribution >= 4 is 23.0 Å². The first-order valence-corrected chi connectivity index (χ1v) is 5.69. The van der Waals surface area contributed by atoms with E-state index in [0.717, 1.165) is 5.56 Å². The summed E-state index contributed by atoms with van der Waals surface area (Å²) < 4.78 is 5.44. The highest BCUT2D eigenvalue weighted by Gasteiger charge is 2.13. The van der Waals surface area contributed by atoms with E-state index in [1.54, 1.807) is 13.0 Å². The van der Waals surface area contributed by atoms with Gasteiger partial charge in [-0.2, -0.15) is 0 Å². The standard InChI is InChI=1S/C12H10ClN3O3/c1-7-4-5-15-12(11(7)14)19-10-6-8(16(17)18)2-3-9(10)13/h2-6H,14H2,1H3. The Kier molecular flexibility index (Phi) is 3.52. The third-order valence-electron chi connectivity index (χ3n) is 2.50. The Labute approximate surface area is 113 Å². The summed E-state index contributed by atoms with van der Waals surface area (Å²) in [4.78, 5) is 14.1. The van der Waals surface area contributed by atoms with E-state index in [-0.39, 0.29) is 22.3 Å². The number of hydrogen-bond donors (Lipinski definition) is 1. The zero-order valence-corrected chi connectivity index (χ0v) is 10.7. The predicted octanol–water partition coefficient (Wildman–Crippen LogP) is 3.33. The summed E-state index contributed by atoms with van der Waals surface area (Å²) in [7, 11) is 0. The molecule has 0 saturated heterocycles. The van der Waals surface area contributed by atoms with Crippen molar-refractivity contribution < 1.29 is 9.66 Å². The fraction of sp³-hybridized carbons (Fsp3) is 0.0833. The van der Waals surface area contributed by atoms with Crippen LogP contribution in [0.1, 0.15) is 5.56 Å². The average Bonchev–Trinajstić information content (AvgIpc) is 2.37. The second-order valence-corrected chi connectivity index (χ2v) is 4.23. The van der Waals surface area contributed by atoms with Gasteiger partial charge in [0.05, 0.1) is 21.7 Å². The summed E-state index contributed by atoms with van der Waals surface area (Å²) >= 11 is 5.93. The maximum absolute atomic E-state index is 10.7. The number of nitrogen functional groups attached to an aromatic ring is 1. The molecule has 98 valence electrons. The zero-order chi connectivity index (χ0) is 14.0. The molecule has 0 amide bonds. The normalized spacial score (nSPS) is 10.2. The zero-order valence-electron chi connectivity index (χ0n) is 9.96. The SMILES string of the molecule is Cc1ccnc(Oc2cc([N+](=O)[O-])ccc2Cl)c1N. The number of nitro benzene ring substituents is 1. The summed E-state index contributed by atoms with van der Waals surface area (Å²) in [6.07, 6.45) is 1.53. The van der Waals surface area contributed by atoms with Gasteiger partial charge in [-0.3, -0.25) is 10.1 Å². The van der Waals surface area contributed by atoms with Gasteiger partial charge in [0.25, 0.3) is 5.69 Å². The minimum atomic E-state index is -0.532. The van der Waals surface area contributed by atoms with Gasteiger partial charge in [-0.25, -0.2) is 4.98 Å². The largest absolute Gasteiger partial charge is 0.435 e. The molecule has 2 aromatic rings. The molecular formula is C12H10ClN3O3. The number of ether oxygens (including phenoxy) is 1. The van der Waals surface area contributed by atoms with Crippen LogP contribution in [0.5, 0.6) is 11.6 Å². The second kappa shape index (κ2) is 5.11. The summed E-state index contributed by atoms with van der Waals surface area (Å²) in [6.45, 7) is 1.80. The number of halogens is 1. The van der Waals surface area contributed by atoms with Gasteiger partial charge < -0.3 is 10.5 Å². The van der Waals surface area contributed by atoms with E-state index in [1.165, 1.54) is 24.4 Å². The first-order chi connectivity index (χ1) is 8.99. The van der Waals surface area contributed by atoms with Crippen LogP contribution in [-0.4, -0.2) is 9.91 Å².